The Bertz CT molecular complexity index is 290. The Morgan fingerprint density at radius 2 is 2.40 bits per heavy atom. The lowest BCUT2D eigenvalue weighted by Gasteiger charge is -2.19. The predicted molar refractivity (Wildman–Crippen MR) is 61.6 cm³/mol. The normalized spacial score (nSPS) is 20.7. The molecule has 0 aliphatic heterocycles. The zero-order valence-corrected chi connectivity index (χ0v) is 9.10. The Hall–Kier alpha value is -1.09. The van der Waals surface area contributed by atoms with Gasteiger partial charge in [0.15, 0.2) is 0 Å². The van der Waals surface area contributed by atoms with Crippen LogP contribution in [0.25, 0.3) is 0 Å². The average Bonchev–Trinajstić information content (AvgIpc) is 2.79. The molecule has 1 heterocycles. The fraction of sp³-hybridized carbons (Fsp3) is 0.583. The van der Waals surface area contributed by atoms with E-state index in [1.807, 2.05) is 18.7 Å². The van der Waals surface area contributed by atoms with Gasteiger partial charge < -0.3 is 9.88 Å². The van der Waals surface area contributed by atoms with E-state index in [9.17, 15) is 0 Å². The van der Waals surface area contributed by atoms with Crippen LogP contribution in [0, 0.1) is 0 Å². The van der Waals surface area contributed by atoms with E-state index in [1.54, 1.807) is 0 Å². The van der Waals surface area contributed by atoms with E-state index in [1.165, 1.54) is 25.7 Å². The van der Waals surface area contributed by atoms with Gasteiger partial charge in [-0.2, -0.15) is 0 Å². The first-order valence-electron chi connectivity index (χ1n) is 5.79. The monoisotopic (exact) mass is 205 g/mol. The summed E-state index contributed by atoms with van der Waals surface area (Å²) < 4.78 is 2.13. The van der Waals surface area contributed by atoms with Gasteiger partial charge in [-0.25, -0.2) is 4.98 Å². The number of hydrogen-bond acceptors (Lipinski definition) is 2. The van der Waals surface area contributed by atoms with Crippen LogP contribution in [-0.4, -0.2) is 22.1 Å². The van der Waals surface area contributed by atoms with E-state index in [-0.39, 0.29) is 0 Å². The molecule has 15 heavy (non-hydrogen) atoms. The third-order valence-electron chi connectivity index (χ3n) is 2.85. The second-order valence-corrected chi connectivity index (χ2v) is 4.09. The van der Waals surface area contributed by atoms with Crippen LogP contribution < -0.4 is 5.32 Å². The Morgan fingerprint density at radius 1 is 1.40 bits per heavy atom. The summed E-state index contributed by atoms with van der Waals surface area (Å²) in [7, 11) is 0. The summed E-state index contributed by atoms with van der Waals surface area (Å²) in [6.07, 6.45) is 15.2. The first kappa shape index (κ1) is 10.4. The summed E-state index contributed by atoms with van der Waals surface area (Å²) in [4.78, 5) is 4.02. The second kappa shape index (κ2) is 5.71. The van der Waals surface area contributed by atoms with Gasteiger partial charge >= 0.3 is 0 Å². The minimum atomic E-state index is 0.706. The minimum Gasteiger partial charge on any atom is -0.337 e. The summed E-state index contributed by atoms with van der Waals surface area (Å²) in [6.45, 7) is 2.17. The highest BCUT2D eigenvalue weighted by Gasteiger charge is 2.07. The SMILES string of the molecule is C1=CCC(NCCCn2ccnc2)CC1. The lowest BCUT2D eigenvalue weighted by atomic mass is 10.0. The molecule has 1 unspecified atom stereocenters. The highest BCUT2D eigenvalue weighted by molar-refractivity contribution is 4.92. The molecule has 1 aliphatic carbocycles. The molecule has 0 amide bonds. The molecule has 3 heteroatoms. The fourth-order valence-electron chi connectivity index (χ4n) is 1.97. The van der Waals surface area contributed by atoms with Crippen molar-refractivity contribution in [3.05, 3.63) is 30.9 Å². The maximum atomic E-state index is 4.02. The van der Waals surface area contributed by atoms with Gasteiger partial charge in [-0.05, 0) is 32.2 Å². The molecule has 0 fully saturated rings. The van der Waals surface area contributed by atoms with E-state index in [4.69, 9.17) is 0 Å². The smallest absolute Gasteiger partial charge is 0.0945 e. The van der Waals surface area contributed by atoms with E-state index in [0.717, 1.165) is 13.1 Å². The van der Waals surface area contributed by atoms with Crippen molar-refractivity contribution >= 4 is 0 Å². The Kier molecular flexibility index (Phi) is 3.97. The molecule has 0 spiro atoms. The Morgan fingerprint density at radius 3 is 3.13 bits per heavy atom. The molecule has 82 valence electrons. The topological polar surface area (TPSA) is 29.9 Å². The molecule has 0 radical (unpaired) electrons. The molecular weight excluding hydrogens is 186 g/mol. The molecule has 0 bridgehead atoms. The highest BCUT2D eigenvalue weighted by Crippen LogP contribution is 2.10. The van der Waals surface area contributed by atoms with Crippen LogP contribution in [0.2, 0.25) is 0 Å². The van der Waals surface area contributed by atoms with Crippen LogP contribution in [0.4, 0.5) is 0 Å². The van der Waals surface area contributed by atoms with Crippen LogP contribution in [0.1, 0.15) is 25.7 Å². The summed E-state index contributed by atoms with van der Waals surface area (Å²) in [6, 6.07) is 0.706. The van der Waals surface area contributed by atoms with Gasteiger partial charge in [0, 0.05) is 25.0 Å². The van der Waals surface area contributed by atoms with Crippen molar-refractivity contribution in [1.82, 2.24) is 14.9 Å². The molecule has 0 aromatic carbocycles. The molecule has 1 N–H and O–H groups in total. The zero-order valence-electron chi connectivity index (χ0n) is 9.10. The number of nitrogens with one attached hydrogen (secondary N) is 1. The Balaban J connectivity index is 1.57. The second-order valence-electron chi connectivity index (χ2n) is 4.09. The molecular formula is C12H19N3. The largest absolute Gasteiger partial charge is 0.337 e. The van der Waals surface area contributed by atoms with E-state index in [0.29, 0.717) is 6.04 Å². The molecule has 1 aliphatic rings. The fourth-order valence-corrected chi connectivity index (χ4v) is 1.97. The molecule has 2 rings (SSSR count). The number of rotatable bonds is 5. The molecule has 1 aromatic heterocycles. The van der Waals surface area contributed by atoms with E-state index >= 15 is 0 Å². The predicted octanol–water partition coefficient (Wildman–Crippen LogP) is 1.97. The lowest BCUT2D eigenvalue weighted by Crippen LogP contribution is -2.30. The maximum absolute atomic E-state index is 4.02. The van der Waals surface area contributed by atoms with Crippen LogP contribution >= 0.6 is 0 Å². The number of allylic oxidation sites excluding steroid dienone is 1. The summed E-state index contributed by atoms with van der Waals surface area (Å²) in [5.74, 6) is 0. The summed E-state index contributed by atoms with van der Waals surface area (Å²) in [5.41, 5.74) is 0. The molecule has 0 saturated heterocycles. The van der Waals surface area contributed by atoms with Gasteiger partial charge in [-0.3, -0.25) is 0 Å². The third kappa shape index (κ3) is 3.51. The molecule has 1 aromatic rings. The molecule has 3 nitrogen and oxygen atoms in total. The van der Waals surface area contributed by atoms with Gasteiger partial charge in [-0.15, -0.1) is 0 Å². The van der Waals surface area contributed by atoms with E-state index in [2.05, 4.69) is 27.0 Å². The summed E-state index contributed by atoms with van der Waals surface area (Å²) in [5, 5.41) is 3.60. The van der Waals surface area contributed by atoms with Crippen molar-refractivity contribution < 1.29 is 0 Å². The van der Waals surface area contributed by atoms with Crippen molar-refractivity contribution in [2.75, 3.05) is 6.54 Å². The van der Waals surface area contributed by atoms with Gasteiger partial charge in [0.2, 0.25) is 0 Å². The van der Waals surface area contributed by atoms with E-state index < -0.39 is 0 Å². The van der Waals surface area contributed by atoms with Crippen LogP contribution in [0.3, 0.4) is 0 Å². The molecule has 1 atom stereocenters. The number of aryl methyl sites for hydroxylation is 1. The number of imidazole rings is 1. The standard InChI is InChI=1S/C12H19N3/c1-2-5-12(6-3-1)14-7-4-9-15-10-8-13-11-15/h1-2,8,10-12,14H,3-7,9H2. The van der Waals surface area contributed by atoms with Crippen molar-refractivity contribution in [3.63, 3.8) is 0 Å². The van der Waals surface area contributed by atoms with Gasteiger partial charge in [-0.1, -0.05) is 12.2 Å². The van der Waals surface area contributed by atoms with Gasteiger partial charge in [0.1, 0.15) is 0 Å². The Labute approximate surface area is 91.2 Å². The number of hydrogen-bond donors (Lipinski definition) is 1. The van der Waals surface area contributed by atoms with Gasteiger partial charge in [0.05, 0.1) is 6.33 Å². The number of aromatic nitrogens is 2. The summed E-state index contributed by atoms with van der Waals surface area (Å²) >= 11 is 0. The van der Waals surface area contributed by atoms with Crippen molar-refractivity contribution in [3.8, 4) is 0 Å². The van der Waals surface area contributed by atoms with Crippen LogP contribution in [0.15, 0.2) is 30.9 Å². The van der Waals surface area contributed by atoms with Gasteiger partial charge in [0.25, 0.3) is 0 Å². The van der Waals surface area contributed by atoms with Crippen molar-refractivity contribution in [2.45, 2.75) is 38.3 Å². The number of nitrogens with zero attached hydrogens (tertiary/aromatic N) is 2. The first-order chi connectivity index (χ1) is 7.45. The van der Waals surface area contributed by atoms with Crippen molar-refractivity contribution in [2.24, 2.45) is 0 Å². The zero-order chi connectivity index (χ0) is 10.3. The first-order valence-corrected chi connectivity index (χ1v) is 5.79. The van der Waals surface area contributed by atoms with Crippen molar-refractivity contribution in [1.29, 1.82) is 0 Å². The quantitative estimate of drug-likeness (QED) is 0.588. The van der Waals surface area contributed by atoms with Crippen LogP contribution in [-0.2, 0) is 6.54 Å². The maximum Gasteiger partial charge on any atom is 0.0945 e. The average molecular weight is 205 g/mol. The third-order valence-corrected chi connectivity index (χ3v) is 2.85. The minimum absolute atomic E-state index is 0.706. The van der Waals surface area contributed by atoms with Crippen LogP contribution in [0.5, 0.6) is 0 Å². The lowest BCUT2D eigenvalue weighted by molar-refractivity contribution is 0.458. The molecule has 0 saturated carbocycles. The highest BCUT2D eigenvalue weighted by atomic mass is 15.0.